The van der Waals surface area contributed by atoms with Gasteiger partial charge in [0.1, 0.15) is 5.82 Å². The van der Waals surface area contributed by atoms with Gasteiger partial charge in [-0.1, -0.05) is 35.9 Å². The van der Waals surface area contributed by atoms with E-state index in [4.69, 9.17) is 11.6 Å². The topological polar surface area (TPSA) is 55.4 Å². The minimum absolute atomic E-state index is 0. The van der Waals surface area contributed by atoms with Gasteiger partial charge in [0.05, 0.1) is 0 Å². The number of nitrogens with one attached hydrogen (secondary N) is 1. The molecule has 3 aromatic rings. The summed E-state index contributed by atoms with van der Waals surface area (Å²) in [6.45, 7) is 2.60. The van der Waals surface area contributed by atoms with Gasteiger partial charge in [-0.25, -0.2) is 4.39 Å². The van der Waals surface area contributed by atoms with Crippen LogP contribution in [-0.4, -0.2) is 24.8 Å². The zero-order valence-electron chi connectivity index (χ0n) is 19.9. The second kappa shape index (κ2) is 13.6. The number of halogens is 2. The molecule has 178 valence electrons. The molecule has 0 saturated heterocycles. The molecule has 0 aliphatic carbocycles. The molecule has 0 spiro atoms. The van der Waals surface area contributed by atoms with Gasteiger partial charge in [-0.15, -0.1) is 11.8 Å². The third kappa shape index (κ3) is 7.89. The van der Waals surface area contributed by atoms with Crippen molar-refractivity contribution in [2.45, 2.75) is 37.1 Å². The monoisotopic (exact) mass is 520 g/mol. The summed E-state index contributed by atoms with van der Waals surface area (Å²) in [6.07, 6.45) is 2.08. The van der Waals surface area contributed by atoms with E-state index in [1.807, 2.05) is 30.0 Å². The summed E-state index contributed by atoms with van der Waals surface area (Å²) in [5.41, 5.74) is 4.91. The third-order valence-electron chi connectivity index (χ3n) is 6.00. The van der Waals surface area contributed by atoms with Gasteiger partial charge in [-0.3, -0.25) is 0 Å². The number of rotatable bonds is 10. The molecule has 35 heavy (non-hydrogen) atoms. The number of anilines is 2. The number of hydrogen-bond donors (Lipinski definition) is 1. The molecule has 1 N–H and O–H groups in total. The van der Waals surface area contributed by atoms with Gasteiger partial charge in [-0.2, -0.15) is 0 Å². The van der Waals surface area contributed by atoms with Crippen LogP contribution >= 0.6 is 23.4 Å². The van der Waals surface area contributed by atoms with E-state index in [9.17, 15) is 14.3 Å². The van der Waals surface area contributed by atoms with Crippen molar-refractivity contribution < 1.29 is 43.8 Å². The van der Waals surface area contributed by atoms with Crippen molar-refractivity contribution in [3.05, 3.63) is 88.2 Å². The fourth-order valence-corrected chi connectivity index (χ4v) is 5.48. The molecule has 3 aromatic carbocycles. The number of aryl methyl sites for hydroxylation is 1. The van der Waals surface area contributed by atoms with Crippen LogP contribution in [0.25, 0.3) is 0 Å². The maximum atomic E-state index is 14.3. The molecule has 1 aliphatic rings. The molecular weight excluding hydrogens is 494 g/mol. The minimum Gasteiger partial charge on any atom is -0.550 e. The van der Waals surface area contributed by atoms with Crippen LogP contribution in [-0.2, 0) is 24.2 Å². The number of carbonyl (C=O) groups is 1. The molecular formula is C27H27ClFN2NaO2S. The van der Waals surface area contributed by atoms with Gasteiger partial charge >= 0.3 is 29.6 Å². The van der Waals surface area contributed by atoms with Gasteiger partial charge in [0.25, 0.3) is 0 Å². The molecule has 1 heterocycles. The second-order valence-corrected chi connectivity index (χ2v) is 9.95. The molecule has 8 heteroatoms. The molecule has 0 atom stereocenters. The van der Waals surface area contributed by atoms with Crippen molar-refractivity contribution in [3.8, 4) is 0 Å². The van der Waals surface area contributed by atoms with E-state index in [0.29, 0.717) is 17.8 Å². The van der Waals surface area contributed by atoms with Crippen LogP contribution < -0.4 is 44.9 Å². The smallest absolute Gasteiger partial charge is 0.550 e. The number of fused-ring (bicyclic) bond motifs is 1. The number of thioether (sulfide) groups is 1. The molecule has 0 aromatic heterocycles. The SMILES string of the molecule is O=C([O-])CCc1ccc(NCc2cccc3c2CCCN3CCSc2cccc(Cl)c2)cc1F.[Na+]. The molecule has 0 bridgehead atoms. The molecule has 0 amide bonds. The second-order valence-electron chi connectivity index (χ2n) is 8.34. The average Bonchev–Trinajstić information content (AvgIpc) is 2.82. The maximum absolute atomic E-state index is 14.3. The van der Waals surface area contributed by atoms with Crippen molar-refractivity contribution in [2.75, 3.05) is 29.1 Å². The van der Waals surface area contributed by atoms with Crippen LogP contribution in [0.3, 0.4) is 0 Å². The first kappa shape index (κ1) is 27.9. The summed E-state index contributed by atoms with van der Waals surface area (Å²) in [5.74, 6) is -0.594. The number of aliphatic carboxylic acids is 1. The molecule has 0 radical (unpaired) electrons. The number of benzene rings is 3. The average molecular weight is 521 g/mol. The normalized spacial score (nSPS) is 12.6. The van der Waals surface area contributed by atoms with Crippen LogP contribution in [0, 0.1) is 5.82 Å². The molecule has 0 saturated carbocycles. The van der Waals surface area contributed by atoms with Gasteiger partial charge < -0.3 is 20.1 Å². The summed E-state index contributed by atoms with van der Waals surface area (Å²) in [5, 5.41) is 14.7. The third-order valence-corrected chi connectivity index (χ3v) is 7.21. The quantitative estimate of drug-likeness (QED) is 0.328. The summed E-state index contributed by atoms with van der Waals surface area (Å²) >= 11 is 7.91. The van der Waals surface area contributed by atoms with Crippen molar-refractivity contribution in [1.82, 2.24) is 0 Å². The van der Waals surface area contributed by atoms with Crippen LogP contribution in [0.4, 0.5) is 15.8 Å². The van der Waals surface area contributed by atoms with Gasteiger partial charge in [0.15, 0.2) is 0 Å². The van der Waals surface area contributed by atoms with Crippen LogP contribution in [0.5, 0.6) is 0 Å². The van der Waals surface area contributed by atoms with E-state index < -0.39 is 11.8 Å². The number of nitrogens with zero attached hydrogens (tertiary/aromatic N) is 1. The van der Waals surface area contributed by atoms with E-state index in [0.717, 1.165) is 36.7 Å². The first-order valence-electron chi connectivity index (χ1n) is 11.5. The van der Waals surface area contributed by atoms with Gasteiger partial charge in [0.2, 0.25) is 0 Å². The Labute approximate surface area is 237 Å². The van der Waals surface area contributed by atoms with Crippen molar-refractivity contribution in [1.29, 1.82) is 0 Å². The standard InChI is InChI=1S/C27H28ClFN2O2S.Na/c28-21-5-2-6-23(16-21)34-15-14-31-13-3-7-24-20(4-1-8-26(24)31)18-30-22-11-9-19(25(29)17-22)10-12-27(32)33;/h1-2,4-6,8-9,11,16-17,30H,3,7,10,12-15,18H2,(H,32,33);/q;+1/p-1. The van der Waals surface area contributed by atoms with Crippen molar-refractivity contribution in [3.63, 3.8) is 0 Å². The largest absolute Gasteiger partial charge is 1.00 e. The Hall–Kier alpha value is -1.70. The fourth-order valence-electron chi connectivity index (χ4n) is 4.30. The van der Waals surface area contributed by atoms with Crippen LogP contribution in [0.15, 0.2) is 65.6 Å². The van der Waals surface area contributed by atoms with Crippen LogP contribution in [0.2, 0.25) is 5.02 Å². The predicted molar refractivity (Wildman–Crippen MR) is 136 cm³/mol. The van der Waals surface area contributed by atoms with Gasteiger partial charge in [0, 0.05) is 52.6 Å². The Morgan fingerprint density at radius 1 is 1.11 bits per heavy atom. The summed E-state index contributed by atoms with van der Waals surface area (Å²) in [4.78, 5) is 14.3. The Bertz CT molecular complexity index is 1160. The summed E-state index contributed by atoms with van der Waals surface area (Å²) < 4.78 is 14.3. The fraction of sp³-hybridized carbons (Fsp3) is 0.296. The Balaban J connectivity index is 0.00000342. The Morgan fingerprint density at radius 2 is 1.94 bits per heavy atom. The van der Waals surface area contributed by atoms with Crippen LogP contribution in [0.1, 0.15) is 29.5 Å². The predicted octanol–water partition coefficient (Wildman–Crippen LogP) is 2.32. The number of carbonyl (C=O) groups excluding carboxylic acids is 1. The number of carboxylic acids is 1. The first-order chi connectivity index (χ1) is 16.5. The number of carboxylic acid groups (broad SMARTS) is 1. The van der Waals surface area contributed by atoms with E-state index in [1.165, 1.54) is 27.8 Å². The first-order valence-corrected chi connectivity index (χ1v) is 12.8. The van der Waals surface area contributed by atoms with E-state index >= 15 is 0 Å². The maximum Gasteiger partial charge on any atom is 1.00 e. The summed E-state index contributed by atoms with van der Waals surface area (Å²) in [6, 6.07) is 19.2. The zero-order chi connectivity index (χ0) is 23.9. The zero-order valence-corrected chi connectivity index (χ0v) is 23.4. The van der Waals surface area contributed by atoms with Crippen molar-refractivity contribution >= 4 is 40.7 Å². The number of hydrogen-bond acceptors (Lipinski definition) is 5. The minimum atomic E-state index is -1.17. The Kier molecular flexibility index (Phi) is 10.8. The Morgan fingerprint density at radius 3 is 2.71 bits per heavy atom. The molecule has 1 aliphatic heterocycles. The van der Waals surface area contributed by atoms with Crippen molar-refractivity contribution in [2.24, 2.45) is 0 Å². The molecule has 4 nitrogen and oxygen atoms in total. The van der Waals surface area contributed by atoms with Gasteiger partial charge in [-0.05, 0) is 78.8 Å². The van der Waals surface area contributed by atoms with E-state index in [2.05, 4.69) is 34.5 Å². The molecule has 0 fully saturated rings. The van der Waals surface area contributed by atoms with E-state index in [1.54, 1.807) is 12.1 Å². The molecule has 4 rings (SSSR count). The molecule has 0 unspecified atom stereocenters. The summed E-state index contributed by atoms with van der Waals surface area (Å²) in [7, 11) is 0. The van der Waals surface area contributed by atoms with E-state index in [-0.39, 0.29) is 42.4 Å².